The highest BCUT2D eigenvalue weighted by Crippen LogP contribution is 2.21. The van der Waals surface area contributed by atoms with E-state index in [2.05, 4.69) is 38.4 Å². The Bertz CT molecular complexity index is 936. The van der Waals surface area contributed by atoms with Crippen molar-refractivity contribution in [3.8, 4) is 5.75 Å². The van der Waals surface area contributed by atoms with Crippen LogP contribution in [0.3, 0.4) is 0 Å². The van der Waals surface area contributed by atoms with Gasteiger partial charge in [-0.1, -0.05) is 18.2 Å². The Labute approximate surface area is 155 Å². The van der Waals surface area contributed by atoms with Gasteiger partial charge in [0.1, 0.15) is 12.4 Å². The predicted octanol–water partition coefficient (Wildman–Crippen LogP) is 4.04. The Balaban J connectivity index is 1.67. The van der Waals surface area contributed by atoms with Crippen molar-refractivity contribution in [3.05, 3.63) is 75.0 Å². The Kier molecular flexibility index (Phi) is 5.56. The topological polar surface area (TPSA) is 34.5 Å². The average Bonchev–Trinajstić information content (AvgIpc) is 2.58. The van der Waals surface area contributed by atoms with Gasteiger partial charge >= 0.3 is 0 Å². The number of likely N-dealkylation sites (N-methyl/N-ethyl adjacent to an activating group) is 1. The molecule has 1 heterocycles. The van der Waals surface area contributed by atoms with Gasteiger partial charge < -0.3 is 9.30 Å². The molecule has 0 amide bonds. The van der Waals surface area contributed by atoms with Gasteiger partial charge in [0.05, 0.1) is 12.2 Å². The molecule has 25 heavy (non-hydrogen) atoms. The van der Waals surface area contributed by atoms with Gasteiger partial charge in [0.25, 0.3) is 0 Å². The number of fused-ring (bicyclic) bond motifs is 1. The van der Waals surface area contributed by atoms with E-state index in [1.54, 1.807) is 6.07 Å². The van der Waals surface area contributed by atoms with Gasteiger partial charge in [0, 0.05) is 28.7 Å². The standard InChI is InChI=1S/C20H21BrN2O2/c1-15-5-3-6-16(13-15)25-12-11-22(2)14-23-10-9-19(24)17-7-4-8-18(21)20(17)23/h3-10,13H,11-12,14H2,1-2H3. The number of aryl methyl sites for hydroxylation is 1. The number of aromatic nitrogens is 1. The fourth-order valence-corrected chi connectivity index (χ4v) is 3.40. The molecule has 0 saturated heterocycles. The molecule has 0 aliphatic heterocycles. The molecule has 3 rings (SSSR count). The lowest BCUT2D eigenvalue weighted by molar-refractivity contribution is 0.208. The van der Waals surface area contributed by atoms with Crippen molar-refractivity contribution in [2.45, 2.75) is 13.6 Å². The second kappa shape index (κ2) is 7.85. The van der Waals surface area contributed by atoms with Crippen molar-refractivity contribution >= 4 is 26.8 Å². The van der Waals surface area contributed by atoms with Crippen molar-refractivity contribution in [1.82, 2.24) is 9.47 Å². The maximum Gasteiger partial charge on any atom is 0.189 e. The quantitative estimate of drug-likeness (QED) is 0.625. The number of pyridine rings is 1. The third-order valence-corrected chi connectivity index (χ3v) is 4.71. The molecule has 5 heteroatoms. The van der Waals surface area contributed by atoms with Gasteiger partial charge in [0.2, 0.25) is 0 Å². The summed E-state index contributed by atoms with van der Waals surface area (Å²) in [5, 5.41) is 0.723. The van der Waals surface area contributed by atoms with Gasteiger partial charge in [-0.15, -0.1) is 0 Å². The number of benzene rings is 2. The second-order valence-corrected chi connectivity index (χ2v) is 7.03. The number of halogens is 1. The third-order valence-electron chi connectivity index (χ3n) is 4.07. The van der Waals surface area contributed by atoms with E-state index in [1.807, 2.05) is 49.6 Å². The first-order valence-corrected chi connectivity index (χ1v) is 8.99. The summed E-state index contributed by atoms with van der Waals surface area (Å²) in [6.45, 7) is 4.13. The largest absolute Gasteiger partial charge is 0.492 e. The van der Waals surface area contributed by atoms with E-state index in [9.17, 15) is 4.79 Å². The molecule has 0 fully saturated rings. The minimum Gasteiger partial charge on any atom is -0.492 e. The molecule has 0 spiro atoms. The van der Waals surface area contributed by atoms with E-state index in [0.29, 0.717) is 13.3 Å². The van der Waals surface area contributed by atoms with Crippen LogP contribution in [0.15, 0.2) is 64.0 Å². The van der Waals surface area contributed by atoms with Crippen molar-refractivity contribution in [3.63, 3.8) is 0 Å². The van der Waals surface area contributed by atoms with Crippen LogP contribution in [-0.4, -0.2) is 29.7 Å². The van der Waals surface area contributed by atoms with Gasteiger partial charge in [-0.3, -0.25) is 9.69 Å². The molecule has 0 saturated carbocycles. The van der Waals surface area contributed by atoms with Crippen LogP contribution in [-0.2, 0) is 6.67 Å². The summed E-state index contributed by atoms with van der Waals surface area (Å²) in [6.07, 6.45) is 1.84. The number of para-hydroxylation sites is 1. The van der Waals surface area contributed by atoms with Crippen LogP contribution < -0.4 is 10.2 Å². The fraction of sp³-hybridized carbons (Fsp3) is 0.250. The zero-order valence-electron chi connectivity index (χ0n) is 14.4. The maximum atomic E-state index is 12.1. The zero-order valence-corrected chi connectivity index (χ0v) is 16.0. The van der Waals surface area contributed by atoms with Crippen molar-refractivity contribution < 1.29 is 4.74 Å². The van der Waals surface area contributed by atoms with Gasteiger partial charge in [-0.25, -0.2) is 0 Å². The highest BCUT2D eigenvalue weighted by atomic mass is 79.9. The van der Waals surface area contributed by atoms with Crippen molar-refractivity contribution in [2.24, 2.45) is 0 Å². The first-order valence-electron chi connectivity index (χ1n) is 8.20. The van der Waals surface area contributed by atoms with Gasteiger partial charge in [-0.2, -0.15) is 0 Å². The summed E-state index contributed by atoms with van der Waals surface area (Å²) in [5.74, 6) is 0.893. The van der Waals surface area contributed by atoms with Crippen LogP contribution in [0, 0.1) is 6.92 Å². The fourth-order valence-electron chi connectivity index (χ4n) is 2.80. The first kappa shape index (κ1) is 17.7. The average molecular weight is 401 g/mol. The molecule has 0 atom stereocenters. The normalized spacial score (nSPS) is 11.2. The minimum absolute atomic E-state index is 0.0398. The number of ether oxygens (including phenoxy) is 1. The summed E-state index contributed by atoms with van der Waals surface area (Å²) < 4.78 is 8.82. The third kappa shape index (κ3) is 4.30. The summed E-state index contributed by atoms with van der Waals surface area (Å²) in [7, 11) is 2.04. The maximum absolute atomic E-state index is 12.1. The molecule has 4 nitrogen and oxygen atoms in total. The first-order chi connectivity index (χ1) is 12.0. The number of rotatable bonds is 6. The van der Waals surface area contributed by atoms with Crippen molar-refractivity contribution in [2.75, 3.05) is 20.2 Å². The van der Waals surface area contributed by atoms with Crippen LogP contribution in [0.4, 0.5) is 0 Å². The number of hydrogen-bond donors (Lipinski definition) is 0. The summed E-state index contributed by atoms with van der Waals surface area (Å²) in [6, 6.07) is 15.4. The summed E-state index contributed by atoms with van der Waals surface area (Å²) in [4.78, 5) is 14.2. The molecular weight excluding hydrogens is 380 g/mol. The lowest BCUT2D eigenvalue weighted by Gasteiger charge is -2.21. The molecule has 0 aliphatic carbocycles. The zero-order chi connectivity index (χ0) is 17.8. The van der Waals surface area contributed by atoms with E-state index < -0.39 is 0 Å². The van der Waals surface area contributed by atoms with Crippen LogP contribution >= 0.6 is 15.9 Å². The van der Waals surface area contributed by atoms with Crippen LogP contribution in [0.2, 0.25) is 0 Å². The predicted molar refractivity (Wildman–Crippen MR) is 105 cm³/mol. The van der Waals surface area contributed by atoms with Gasteiger partial charge in [-0.05, 0) is 59.7 Å². The second-order valence-electron chi connectivity index (χ2n) is 6.17. The molecule has 3 aromatic rings. The number of nitrogens with zero attached hydrogens (tertiary/aromatic N) is 2. The van der Waals surface area contributed by atoms with Crippen LogP contribution in [0.25, 0.3) is 10.9 Å². The molecule has 0 aliphatic rings. The molecule has 130 valence electrons. The Morgan fingerprint density at radius 2 is 1.96 bits per heavy atom. The molecule has 0 bridgehead atoms. The smallest absolute Gasteiger partial charge is 0.189 e. The Hall–Kier alpha value is -2.11. The minimum atomic E-state index is 0.0398. The van der Waals surface area contributed by atoms with E-state index in [4.69, 9.17) is 4.74 Å². The molecule has 0 N–H and O–H groups in total. The summed E-state index contributed by atoms with van der Waals surface area (Å²) in [5.41, 5.74) is 2.15. The van der Waals surface area contributed by atoms with Gasteiger partial charge in [0.15, 0.2) is 5.43 Å². The monoisotopic (exact) mass is 400 g/mol. The van der Waals surface area contributed by atoms with Crippen LogP contribution in [0.1, 0.15) is 5.56 Å². The molecule has 1 aromatic heterocycles. The Morgan fingerprint density at radius 1 is 1.16 bits per heavy atom. The molecule has 0 radical (unpaired) electrons. The molecule has 2 aromatic carbocycles. The van der Waals surface area contributed by atoms with Crippen molar-refractivity contribution in [1.29, 1.82) is 0 Å². The van der Waals surface area contributed by atoms with Crippen LogP contribution in [0.5, 0.6) is 5.75 Å². The lowest BCUT2D eigenvalue weighted by Crippen LogP contribution is -2.27. The van der Waals surface area contributed by atoms with E-state index in [1.165, 1.54) is 5.56 Å². The number of hydrogen-bond acceptors (Lipinski definition) is 3. The van der Waals surface area contributed by atoms with E-state index in [-0.39, 0.29) is 5.43 Å². The SMILES string of the molecule is Cc1cccc(OCCN(C)Cn2ccc(=O)c3cccc(Br)c32)c1. The lowest BCUT2D eigenvalue weighted by atomic mass is 10.2. The molecule has 0 unspecified atom stereocenters. The summed E-state index contributed by atoms with van der Waals surface area (Å²) >= 11 is 3.56. The highest BCUT2D eigenvalue weighted by molar-refractivity contribution is 9.10. The van der Waals surface area contributed by atoms with E-state index in [0.717, 1.165) is 27.7 Å². The highest BCUT2D eigenvalue weighted by Gasteiger charge is 2.08. The Morgan fingerprint density at radius 3 is 2.76 bits per heavy atom. The van der Waals surface area contributed by atoms with E-state index >= 15 is 0 Å². The molecular formula is C20H21BrN2O2.